The molecule has 18 heavy (non-hydrogen) atoms. The minimum Gasteiger partial charge on any atom is -0.478 e. The molecular formula is C12H19N3O2S. The first-order valence-corrected chi connectivity index (χ1v) is 6.91. The smallest absolute Gasteiger partial charge is 0.340 e. The molecule has 2 N–H and O–H groups in total. The molecule has 1 fully saturated rings. The van der Waals surface area contributed by atoms with Crippen molar-refractivity contribution in [2.75, 3.05) is 25.5 Å². The maximum atomic E-state index is 11.2. The van der Waals surface area contributed by atoms with Crippen molar-refractivity contribution < 1.29 is 9.90 Å². The Labute approximate surface area is 111 Å². The maximum absolute atomic E-state index is 11.2. The highest BCUT2D eigenvalue weighted by atomic mass is 32.1. The lowest BCUT2D eigenvalue weighted by molar-refractivity contribution is 0.0697. The van der Waals surface area contributed by atoms with Crippen LogP contribution in [0.25, 0.3) is 0 Å². The number of piperidine rings is 1. The number of carbonyl (C=O) groups is 1. The highest BCUT2D eigenvalue weighted by Gasteiger charge is 2.26. The van der Waals surface area contributed by atoms with Gasteiger partial charge in [0.15, 0.2) is 0 Å². The van der Waals surface area contributed by atoms with E-state index in [1.807, 2.05) is 0 Å². The molecule has 2 heterocycles. The van der Waals surface area contributed by atoms with Crippen LogP contribution in [0.1, 0.15) is 29.4 Å². The minimum absolute atomic E-state index is 0.325. The molecule has 6 heteroatoms. The number of hydrogen-bond donors (Lipinski definition) is 2. The van der Waals surface area contributed by atoms with Crippen LogP contribution in [0.5, 0.6) is 0 Å². The van der Waals surface area contributed by atoms with Crippen molar-refractivity contribution in [3.8, 4) is 0 Å². The van der Waals surface area contributed by atoms with Crippen molar-refractivity contribution in [1.29, 1.82) is 0 Å². The highest BCUT2D eigenvalue weighted by Crippen LogP contribution is 2.28. The molecule has 1 aliphatic heterocycles. The van der Waals surface area contributed by atoms with Crippen molar-refractivity contribution in [1.82, 2.24) is 9.27 Å². The van der Waals surface area contributed by atoms with E-state index >= 15 is 0 Å². The fourth-order valence-corrected chi connectivity index (χ4v) is 3.31. The van der Waals surface area contributed by atoms with Gasteiger partial charge in [-0.05, 0) is 44.4 Å². The number of nitrogens with zero attached hydrogens (tertiary/aromatic N) is 2. The molecule has 1 saturated heterocycles. The minimum atomic E-state index is -0.899. The number of rotatable bonds is 3. The Kier molecular flexibility index (Phi) is 3.87. The van der Waals surface area contributed by atoms with Crippen molar-refractivity contribution in [2.45, 2.75) is 26.3 Å². The quantitative estimate of drug-likeness (QED) is 0.877. The molecule has 0 saturated carbocycles. The van der Waals surface area contributed by atoms with Crippen LogP contribution >= 0.6 is 11.5 Å². The van der Waals surface area contributed by atoms with Crippen molar-refractivity contribution >= 4 is 22.5 Å². The number of carboxylic acids is 1. The second kappa shape index (κ2) is 5.24. The zero-order chi connectivity index (χ0) is 13.3. The fourth-order valence-electron chi connectivity index (χ4n) is 2.46. The summed E-state index contributed by atoms with van der Waals surface area (Å²) >= 11 is 1.25. The van der Waals surface area contributed by atoms with E-state index < -0.39 is 5.97 Å². The number of nitrogens with one attached hydrogen (secondary N) is 1. The molecule has 0 bridgehead atoms. The molecule has 0 aliphatic carbocycles. The first kappa shape index (κ1) is 13.3. The Morgan fingerprint density at radius 2 is 2.33 bits per heavy atom. The van der Waals surface area contributed by atoms with Crippen LogP contribution in [-0.2, 0) is 0 Å². The van der Waals surface area contributed by atoms with Gasteiger partial charge in [0, 0.05) is 12.6 Å². The van der Waals surface area contributed by atoms with Gasteiger partial charge in [0.2, 0.25) is 0 Å². The number of likely N-dealkylation sites (tertiary alicyclic amines) is 1. The molecule has 1 aliphatic rings. The standard InChI is InChI=1S/C12H19N3O2S/c1-7-6-15(3)5-4-9(7)13-11-10(12(16)17)8(2)14-18-11/h7,9,13H,4-6H2,1-3H3,(H,16,17). The van der Waals surface area contributed by atoms with Gasteiger partial charge >= 0.3 is 5.97 Å². The molecule has 0 amide bonds. The van der Waals surface area contributed by atoms with E-state index in [-0.39, 0.29) is 0 Å². The van der Waals surface area contributed by atoms with Gasteiger partial charge in [-0.3, -0.25) is 0 Å². The molecule has 5 nitrogen and oxygen atoms in total. The molecule has 0 aromatic carbocycles. The average Bonchev–Trinajstić information content (AvgIpc) is 2.64. The summed E-state index contributed by atoms with van der Waals surface area (Å²) in [7, 11) is 2.12. The SMILES string of the molecule is Cc1nsc(NC2CCN(C)CC2C)c1C(=O)O. The van der Waals surface area contributed by atoms with Crippen LogP contribution < -0.4 is 5.32 Å². The summed E-state index contributed by atoms with van der Waals surface area (Å²) in [6, 6.07) is 0.333. The fraction of sp³-hybridized carbons (Fsp3) is 0.667. The Bertz CT molecular complexity index is 447. The Balaban J connectivity index is 2.12. The molecule has 1 aromatic heterocycles. The van der Waals surface area contributed by atoms with E-state index in [0.717, 1.165) is 19.5 Å². The largest absolute Gasteiger partial charge is 0.478 e. The van der Waals surface area contributed by atoms with Gasteiger partial charge in [-0.2, -0.15) is 4.37 Å². The normalized spacial score (nSPS) is 25.1. The summed E-state index contributed by atoms with van der Waals surface area (Å²) in [5, 5.41) is 13.3. The zero-order valence-electron chi connectivity index (χ0n) is 10.9. The first-order chi connectivity index (χ1) is 8.49. The predicted octanol–water partition coefficient (Wildman–Crippen LogP) is 1.90. The second-order valence-electron chi connectivity index (χ2n) is 5.06. The third-order valence-corrected chi connectivity index (χ3v) is 4.37. The molecule has 0 spiro atoms. The molecule has 0 radical (unpaired) electrons. The number of aromatic nitrogens is 1. The summed E-state index contributed by atoms with van der Waals surface area (Å²) in [6.45, 7) is 6.02. The van der Waals surface area contributed by atoms with Gasteiger partial charge in [-0.25, -0.2) is 4.79 Å². The van der Waals surface area contributed by atoms with Crippen molar-refractivity contribution in [3.05, 3.63) is 11.3 Å². The van der Waals surface area contributed by atoms with E-state index in [2.05, 4.69) is 28.6 Å². The van der Waals surface area contributed by atoms with E-state index in [1.165, 1.54) is 11.5 Å². The summed E-state index contributed by atoms with van der Waals surface area (Å²) in [6.07, 6.45) is 1.04. The number of hydrogen-bond acceptors (Lipinski definition) is 5. The average molecular weight is 269 g/mol. The van der Waals surface area contributed by atoms with Crippen LogP contribution in [0.3, 0.4) is 0 Å². The van der Waals surface area contributed by atoms with Crippen LogP contribution in [0, 0.1) is 12.8 Å². The van der Waals surface area contributed by atoms with Gasteiger partial charge in [0.05, 0.1) is 5.69 Å². The van der Waals surface area contributed by atoms with Crippen molar-refractivity contribution in [2.24, 2.45) is 5.92 Å². The van der Waals surface area contributed by atoms with Gasteiger partial charge < -0.3 is 15.3 Å². The summed E-state index contributed by atoms with van der Waals surface area (Å²) in [5.74, 6) is -0.392. The van der Waals surface area contributed by atoms with Gasteiger partial charge in [0.25, 0.3) is 0 Å². The summed E-state index contributed by atoms with van der Waals surface area (Å²) in [4.78, 5) is 13.5. The Hall–Kier alpha value is -1.14. The van der Waals surface area contributed by atoms with Crippen LogP contribution in [0.2, 0.25) is 0 Å². The van der Waals surface area contributed by atoms with E-state index in [1.54, 1.807) is 6.92 Å². The molecular weight excluding hydrogens is 250 g/mol. The van der Waals surface area contributed by atoms with E-state index in [0.29, 0.717) is 28.2 Å². The molecule has 2 unspecified atom stereocenters. The predicted molar refractivity (Wildman–Crippen MR) is 72.5 cm³/mol. The number of aryl methyl sites for hydroxylation is 1. The third kappa shape index (κ3) is 2.64. The molecule has 100 valence electrons. The number of carboxylic acid groups (broad SMARTS) is 1. The lowest BCUT2D eigenvalue weighted by Gasteiger charge is -2.35. The van der Waals surface area contributed by atoms with Crippen molar-refractivity contribution in [3.63, 3.8) is 0 Å². The van der Waals surface area contributed by atoms with Gasteiger partial charge in [-0.1, -0.05) is 6.92 Å². The second-order valence-corrected chi connectivity index (χ2v) is 5.83. The number of aromatic carboxylic acids is 1. The monoisotopic (exact) mass is 269 g/mol. The first-order valence-electron chi connectivity index (χ1n) is 6.13. The Morgan fingerprint density at radius 1 is 1.61 bits per heavy atom. The van der Waals surface area contributed by atoms with E-state index in [9.17, 15) is 9.90 Å². The topological polar surface area (TPSA) is 65.5 Å². The van der Waals surface area contributed by atoms with Crippen LogP contribution in [0.15, 0.2) is 0 Å². The Morgan fingerprint density at radius 3 is 2.94 bits per heavy atom. The maximum Gasteiger partial charge on any atom is 0.340 e. The lowest BCUT2D eigenvalue weighted by atomic mass is 9.94. The highest BCUT2D eigenvalue weighted by molar-refractivity contribution is 7.10. The zero-order valence-corrected chi connectivity index (χ0v) is 11.8. The molecule has 2 rings (SSSR count). The lowest BCUT2D eigenvalue weighted by Crippen LogP contribution is -2.43. The summed E-state index contributed by atoms with van der Waals surface area (Å²) < 4.78 is 4.13. The van der Waals surface area contributed by atoms with Crippen LogP contribution in [0.4, 0.5) is 5.00 Å². The summed E-state index contributed by atoms with van der Waals surface area (Å²) in [5.41, 5.74) is 0.918. The molecule has 1 aromatic rings. The van der Waals surface area contributed by atoms with Gasteiger partial charge in [0.1, 0.15) is 10.6 Å². The third-order valence-electron chi connectivity index (χ3n) is 3.50. The molecule has 2 atom stereocenters. The van der Waals surface area contributed by atoms with Crippen LogP contribution in [-0.4, -0.2) is 46.5 Å². The van der Waals surface area contributed by atoms with E-state index in [4.69, 9.17) is 0 Å². The number of anilines is 1. The van der Waals surface area contributed by atoms with Gasteiger partial charge in [-0.15, -0.1) is 0 Å².